The number of nitrogens with one attached hydrogen (secondary N) is 1. The van der Waals surface area contributed by atoms with E-state index in [-0.39, 0.29) is 11.7 Å². The maximum Gasteiger partial charge on any atom is 0.224 e. The van der Waals surface area contributed by atoms with Crippen molar-refractivity contribution < 1.29 is 13.7 Å². The van der Waals surface area contributed by atoms with E-state index in [9.17, 15) is 9.18 Å². The van der Waals surface area contributed by atoms with Crippen molar-refractivity contribution in [3.05, 3.63) is 47.1 Å². The molecule has 100 valence electrons. The summed E-state index contributed by atoms with van der Waals surface area (Å²) in [6.07, 6.45) is 0.863. The van der Waals surface area contributed by atoms with E-state index in [1.54, 1.807) is 12.1 Å². The highest BCUT2D eigenvalue weighted by molar-refractivity contribution is 5.90. The van der Waals surface area contributed by atoms with Gasteiger partial charge in [-0.25, -0.2) is 4.39 Å². The van der Waals surface area contributed by atoms with Gasteiger partial charge in [0.1, 0.15) is 11.6 Å². The van der Waals surface area contributed by atoms with E-state index in [1.807, 2.05) is 13.8 Å². The zero-order valence-corrected chi connectivity index (χ0v) is 10.9. The SMILES string of the molecule is Cc1noc(C)c1CCC(=O)Nc1cccc(F)c1. The van der Waals surface area contributed by atoms with Gasteiger partial charge >= 0.3 is 0 Å². The van der Waals surface area contributed by atoms with E-state index in [0.29, 0.717) is 18.5 Å². The second-order valence-corrected chi connectivity index (χ2v) is 4.36. The van der Waals surface area contributed by atoms with E-state index in [1.165, 1.54) is 12.1 Å². The molecule has 0 saturated heterocycles. The zero-order valence-electron chi connectivity index (χ0n) is 10.9. The van der Waals surface area contributed by atoms with Gasteiger partial charge in [0.15, 0.2) is 0 Å². The molecule has 5 heteroatoms. The van der Waals surface area contributed by atoms with Crippen molar-refractivity contribution in [2.45, 2.75) is 26.7 Å². The molecule has 1 aromatic carbocycles. The summed E-state index contributed by atoms with van der Waals surface area (Å²) in [4.78, 5) is 11.8. The van der Waals surface area contributed by atoms with Crippen LogP contribution in [0.3, 0.4) is 0 Å². The van der Waals surface area contributed by atoms with Gasteiger partial charge in [-0.15, -0.1) is 0 Å². The maximum absolute atomic E-state index is 13.0. The van der Waals surface area contributed by atoms with Crippen molar-refractivity contribution in [1.29, 1.82) is 0 Å². The van der Waals surface area contributed by atoms with Gasteiger partial charge in [0, 0.05) is 17.7 Å². The second-order valence-electron chi connectivity index (χ2n) is 4.36. The minimum absolute atomic E-state index is 0.161. The van der Waals surface area contributed by atoms with Crippen molar-refractivity contribution in [1.82, 2.24) is 5.16 Å². The third-order valence-electron chi connectivity index (χ3n) is 2.89. The van der Waals surface area contributed by atoms with Crippen LogP contribution in [-0.2, 0) is 11.2 Å². The smallest absolute Gasteiger partial charge is 0.224 e. The predicted octanol–water partition coefficient (Wildman–Crippen LogP) is 3.00. The topological polar surface area (TPSA) is 55.1 Å². The Kier molecular flexibility index (Phi) is 3.94. The molecule has 0 radical (unpaired) electrons. The van der Waals surface area contributed by atoms with Crippen LogP contribution in [0.5, 0.6) is 0 Å². The number of anilines is 1. The fourth-order valence-electron chi connectivity index (χ4n) is 1.89. The summed E-state index contributed by atoms with van der Waals surface area (Å²) in [6, 6.07) is 5.82. The molecule has 0 bridgehead atoms. The van der Waals surface area contributed by atoms with Crippen LogP contribution in [0.4, 0.5) is 10.1 Å². The molecular formula is C14H15FN2O2. The fourth-order valence-corrected chi connectivity index (χ4v) is 1.89. The molecule has 0 aliphatic rings. The number of rotatable bonds is 4. The van der Waals surface area contributed by atoms with Crippen LogP contribution in [0.1, 0.15) is 23.4 Å². The van der Waals surface area contributed by atoms with E-state index < -0.39 is 0 Å². The van der Waals surface area contributed by atoms with Crippen LogP contribution in [0.2, 0.25) is 0 Å². The lowest BCUT2D eigenvalue weighted by molar-refractivity contribution is -0.116. The van der Waals surface area contributed by atoms with Crippen molar-refractivity contribution in [2.24, 2.45) is 0 Å². The Morgan fingerprint density at radius 2 is 2.21 bits per heavy atom. The van der Waals surface area contributed by atoms with Crippen molar-refractivity contribution in [3.8, 4) is 0 Å². The van der Waals surface area contributed by atoms with Gasteiger partial charge in [-0.1, -0.05) is 11.2 Å². The second kappa shape index (κ2) is 5.65. The van der Waals surface area contributed by atoms with Gasteiger partial charge in [-0.05, 0) is 38.5 Å². The number of nitrogens with zero attached hydrogens (tertiary/aromatic N) is 1. The summed E-state index contributed by atoms with van der Waals surface area (Å²) in [5, 5.41) is 6.49. The minimum Gasteiger partial charge on any atom is -0.361 e. The number of carbonyl (C=O) groups excluding carboxylic acids is 1. The number of hydrogen-bond acceptors (Lipinski definition) is 3. The molecule has 0 fully saturated rings. The van der Waals surface area contributed by atoms with Gasteiger partial charge in [0.05, 0.1) is 5.69 Å². The van der Waals surface area contributed by atoms with Crippen LogP contribution >= 0.6 is 0 Å². The summed E-state index contributed by atoms with van der Waals surface area (Å²) in [6.45, 7) is 3.66. The minimum atomic E-state index is -0.372. The average molecular weight is 262 g/mol. The summed E-state index contributed by atoms with van der Waals surface area (Å²) < 4.78 is 18.0. The summed E-state index contributed by atoms with van der Waals surface area (Å²) in [5.74, 6) is 0.199. The molecule has 0 saturated carbocycles. The summed E-state index contributed by atoms with van der Waals surface area (Å²) >= 11 is 0. The lowest BCUT2D eigenvalue weighted by Gasteiger charge is -2.05. The number of hydrogen-bond donors (Lipinski definition) is 1. The predicted molar refractivity (Wildman–Crippen MR) is 69.3 cm³/mol. The van der Waals surface area contributed by atoms with Crippen LogP contribution in [0.15, 0.2) is 28.8 Å². The number of carbonyl (C=O) groups is 1. The van der Waals surface area contributed by atoms with Gasteiger partial charge in [0.2, 0.25) is 5.91 Å². The highest BCUT2D eigenvalue weighted by atomic mass is 19.1. The monoisotopic (exact) mass is 262 g/mol. The number of amides is 1. The van der Waals surface area contributed by atoms with E-state index in [0.717, 1.165) is 17.0 Å². The zero-order chi connectivity index (χ0) is 13.8. The molecule has 1 amide bonds. The highest BCUT2D eigenvalue weighted by Crippen LogP contribution is 2.15. The third kappa shape index (κ3) is 3.40. The van der Waals surface area contributed by atoms with Crippen molar-refractivity contribution in [2.75, 3.05) is 5.32 Å². The molecule has 0 aliphatic heterocycles. The average Bonchev–Trinajstić information content (AvgIpc) is 2.67. The molecule has 0 spiro atoms. The Balaban J connectivity index is 1.92. The number of aryl methyl sites for hydroxylation is 2. The highest BCUT2D eigenvalue weighted by Gasteiger charge is 2.11. The number of halogens is 1. The lowest BCUT2D eigenvalue weighted by Crippen LogP contribution is -2.12. The van der Waals surface area contributed by atoms with Gasteiger partial charge < -0.3 is 9.84 Å². The molecule has 1 N–H and O–H groups in total. The Morgan fingerprint density at radius 1 is 1.42 bits per heavy atom. The first kappa shape index (κ1) is 13.3. The maximum atomic E-state index is 13.0. The first-order valence-corrected chi connectivity index (χ1v) is 6.03. The van der Waals surface area contributed by atoms with Gasteiger partial charge in [-0.3, -0.25) is 4.79 Å². The molecule has 2 aromatic rings. The third-order valence-corrected chi connectivity index (χ3v) is 2.89. The van der Waals surface area contributed by atoms with E-state index >= 15 is 0 Å². The van der Waals surface area contributed by atoms with Crippen LogP contribution in [-0.4, -0.2) is 11.1 Å². The van der Waals surface area contributed by atoms with Gasteiger partial charge in [0.25, 0.3) is 0 Å². The van der Waals surface area contributed by atoms with Crippen LogP contribution < -0.4 is 5.32 Å². The van der Waals surface area contributed by atoms with Crippen molar-refractivity contribution >= 4 is 11.6 Å². The van der Waals surface area contributed by atoms with Crippen LogP contribution in [0, 0.1) is 19.7 Å². The molecule has 1 heterocycles. The summed E-state index contributed by atoms with van der Waals surface area (Å²) in [7, 11) is 0. The molecule has 4 nitrogen and oxygen atoms in total. The fraction of sp³-hybridized carbons (Fsp3) is 0.286. The Morgan fingerprint density at radius 3 is 2.84 bits per heavy atom. The van der Waals surface area contributed by atoms with E-state index in [2.05, 4.69) is 10.5 Å². The lowest BCUT2D eigenvalue weighted by atomic mass is 10.1. The Hall–Kier alpha value is -2.17. The first-order chi connectivity index (χ1) is 9.06. The quantitative estimate of drug-likeness (QED) is 0.921. The van der Waals surface area contributed by atoms with E-state index in [4.69, 9.17) is 4.52 Å². The van der Waals surface area contributed by atoms with Gasteiger partial charge in [-0.2, -0.15) is 0 Å². The Bertz CT molecular complexity index is 573. The molecule has 0 aliphatic carbocycles. The molecule has 2 rings (SSSR count). The standard InChI is InChI=1S/C14H15FN2O2/c1-9-13(10(2)19-17-9)6-7-14(18)16-12-5-3-4-11(15)8-12/h3-5,8H,6-7H2,1-2H3,(H,16,18). The number of benzene rings is 1. The van der Waals surface area contributed by atoms with Crippen molar-refractivity contribution in [3.63, 3.8) is 0 Å². The molecule has 1 aromatic heterocycles. The largest absolute Gasteiger partial charge is 0.361 e. The first-order valence-electron chi connectivity index (χ1n) is 6.03. The molecule has 19 heavy (non-hydrogen) atoms. The molecule has 0 unspecified atom stereocenters. The Labute approximate surface area is 110 Å². The number of aromatic nitrogens is 1. The molecule has 0 atom stereocenters. The normalized spacial score (nSPS) is 10.5. The van der Waals surface area contributed by atoms with Crippen LogP contribution in [0.25, 0.3) is 0 Å². The summed E-state index contributed by atoms with van der Waals surface area (Å²) in [5.41, 5.74) is 2.22. The molecular weight excluding hydrogens is 247 g/mol.